The Balaban J connectivity index is 2.90. The summed E-state index contributed by atoms with van der Waals surface area (Å²) < 4.78 is 10.9. The molecular weight excluding hydrogens is 284 g/mol. The number of rotatable bonds is 2. The van der Waals surface area contributed by atoms with Gasteiger partial charge in [0.2, 0.25) is 0 Å². The van der Waals surface area contributed by atoms with E-state index < -0.39 is 28.8 Å². The molecule has 22 heavy (non-hydrogen) atoms. The normalized spacial score (nSPS) is 26.0. The second kappa shape index (κ2) is 6.07. The van der Waals surface area contributed by atoms with Crippen LogP contribution in [0.25, 0.3) is 0 Å². The maximum absolute atomic E-state index is 12.6. The first-order valence-electron chi connectivity index (χ1n) is 7.78. The molecule has 6 heteroatoms. The molecule has 0 radical (unpaired) electrons. The van der Waals surface area contributed by atoms with Crippen LogP contribution in [0.5, 0.6) is 0 Å². The second-order valence-electron chi connectivity index (χ2n) is 7.98. The van der Waals surface area contributed by atoms with Crippen molar-refractivity contribution in [1.82, 2.24) is 4.90 Å². The molecule has 1 saturated heterocycles. The fourth-order valence-corrected chi connectivity index (χ4v) is 2.51. The first-order valence-corrected chi connectivity index (χ1v) is 7.78. The molecule has 2 unspecified atom stereocenters. The zero-order valence-corrected chi connectivity index (χ0v) is 14.9. The Morgan fingerprint density at radius 2 is 1.64 bits per heavy atom. The summed E-state index contributed by atoms with van der Waals surface area (Å²) in [6, 6.07) is -0.458. The number of nitrogens with zero attached hydrogens (tertiary/aromatic N) is 1. The van der Waals surface area contributed by atoms with Gasteiger partial charge in [0.1, 0.15) is 16.6 Å². The van der Waals surface area contributed by atoms with Gasteiger partial charge in [-0.25, -0.2) is 4.79 Å². The van der Waals surface area contributed by atoms with E-state index in [-0.39, 0.29) is 12.5 Å². The van der Waals surface area contributed by atoms with Crippen LogP contribution in [0, 0.1) is 5.41 Å². The summed E-state index contributed by atoms with van der Waals surface area (Å²) in [4.78, 5) is 26.3. The molecule has 1 amide bonds. The SMILES string of the molecule is CCC1(C(=O)OC(C)(C)C)CN(C(=O)OC(C)(C)C)CC1N. The van der Waals surface area contributed by atoms with Gasteiger partial charge in [0, 0.05) is 19.1 Å². The molecule has 6 nitrogen and oxygen atoms in total. The molecule has 2 N–H and O–H groups in total. The quantitative estimate of drug-likeness (QED) is 0.791. The van der Waals surface area contributed by atoms with Gasteiger partial charge in [-0.2, -0.15) is 0 Å². The molecule has 1 aliphatic heterocycles. The van der Waals surface area contributed by atoms with Crippen molar-refractivity contribution in [2.45, 2.75) is 72.1 Å². The smallest absolute Gasteiger partial charge is 0.410 e. The van der Waals surface area contributed by atoms with Gasteiger partial charge in [-0.1, -0.05) is 6.92 Å². The van der Waals surface area contributed by atoms with Crippen LogP contribution in [0.15, 0.2) is 0 Å². The fraction of sp³-hybridized carbons (Fsp3) is 0.875. The minimum Gasteiger partial charge on any atom is -0.459 e. The number of carbonyl (C=O) groups excluding carboxylic acids is 2. The molecule has 0 saturated carbocycles. The molecular formula is C16H30N2O4. The van der Waals surface area contributed by atoms with Gasteiger partial charge in [-0.05, 0) is 48.0 Å². The van der Waals surface area contributed by atoms with Crippen LogP contribution in [0.4, 0.5) is 4.79 Å². The van der Waals surface area contributed by atoms with Crippen molar-refractivity contribution in [2.75, 3.05) is 13.1 Å². The van der Waals surface area contributed by atoms with Gasteiger partial charge in [0.15, 0.2) is 0 Å². The van der Waals surface area contributed by atoms with E-state index in [9.17, 15) is 9.59 Å². The van der Waals surface area contributed by atoms with Crippen LogP contribution in [0.3, 0.4) is 0 Å². The number of hydrogen-bond donors (Lipinski definition) is 1. The molecule has 0 aromatic heterocycles. The predicted octanol–water partition coefficient (Wildman–Crippen LogP) is 2.30. The molecule has 128 valence electrons. The van der Waals surface area contributed by atoms with Crippen molar-refractivity contribution in [1.29, 1.82) is 0 Å². The molecule has 0 bridgehead atoms. The second-order valence-corrected chi connectivity index (χ2v) is 7.98. The van der Waals surface area contributed by atoms with Gasteiger partial charge >= 0.3 is 12.1 Å². The Kier molecular flexibility index (Phi) is 5.17. The zero-order valence-electron chi connectivity index (χ0n) is 14.9. The lowest BCUT2D eigenvalue weighted by Gasteiger charge is -2.32. The molecule has 0 aliphatic carbocycles. The number of carbonyl (C=O) groups is 2. The topological polar surface area (TPSA) is 81.9 Å². The van der Waals surface area contributed by atoms with Crippen LogP contribution in [-0.2, 0) is 14.3 Å². The van der Waals surface area contributed by atoms with E-state index in [0.717, 1.165) is 0 Å². The summed E-state index contributed by atoms with van der Waals surface area (Å²) in [5, 5.41) is 0. The van der Waals surface area contributed by atoms with Gasteiger partial charge in [-0.15, -0.1) is 0 Å². The molecule has 1 aliphatic rings. The molecule has 0 aromatic rings. The van der Waals surface area contributed by atoms with Gasteiger partial charge in [0.25, 0.3) is 0 Å². The lowest BCUT2D eigenvalue weighted by atomic mass is 9.80. The van der Waals surface area contributed by atoms with E-state index in [4.69, 9.17) is 15.2 Å². The third-order valence-corrected chi connectivity index (χ3v) is 3.69. The highest BCUT2D eigenvalue weighted by molar-refractivity contribution is 5.81. The molecule has 0 spiro atoms. The number of hydrogen-bond acceptors (Lipinski definition) is 5. The maximum atomic E-state index is 12.6. The van der Waals surface area contributed by atoms with Crippen LogP contribution in [-0.4, -0.2) is 47.3 Å². The van der Waals surface area contributed by atoms with E-state index >= 15 is 0 Å². The Labute approximate surface area is 133 Å². The highest BCUT2D eigenvalue weighted by Crippen LogP contribution is 2.36. The standard InChI is InChI=1S/C16H30N2O4/c1-8-16(12(19)21-14(2,3)4)10-18(9-11(16)17)13(20)22-15(5,6)7/h11H,8-10,17H2,1-7H3. The maximum Gasteiger partial charge on any atom is 0.410 e. The average Bonchev–Trinajstić information content (AvgIpc) is 2.63. The number of ether oxygens (including phenoxy) is 2. The molecule has 2 atom stereocenters. The number of esters is 1. The summed E-state index contributed by atoms with van der Waals surface area (Å²) in [7, 11) is 0. The Morgan fingerprint density at radius 1 is 1.14 bits per heavy atom. The summed E-state index contributed by atoms with van der Waals surface area (Å²) in [5.41, 5.74) is 4.15. The molecule has 1 fully saturated rings. The van der Waals surface area contributed by atoms with Gasteiger partial charge in [-0.3, -0.25) is 4.79 Å². The van der Waals surface area contributed by atoms with E-state index in [1.165, 1.54) is 4.90 Å². The Bertz CT molecular complexity index is 436. The number of likely N-dealkylation sites (tertiary alicyclic amines) is 1. The number of nitrogens with two attached hydrogens (primary N) is 1. The van der Waals surface area contributed by atoms with Crippen molar-refractivity contribution in [3.63, 3.8) is 0 Å². The minimum atomic E-state index is -0.871. The highest BCUT2D eigenvalue weighted by Gasteiger charge is 2.53. The third kappa shape index (κ3) is 4.35. The lowest BCUT2D eigenvalue weighted by Crippen LogP contribution is -2.49. The first kappa shape index (κ1) is 18.7. The molecule has 1 heterocycles. The van der Waals surface area contributed by atoms with Crippen LogP contribution < -0.4 is 5.73 Å². The lowest BCUT2D eigenvalue weighted by molar-refractivity contribution is -0.167. The van der Waals surface area contributed by atoms with E-state index in [0.29, 0.717) is 13.0 Å². The summed E-state index contributed by atoms with van der Waals surface area (Å²) >= 11 is 0. The van der Waals surface area contributed by atoms with Crippen LogP contribution in [0.1, 0.15) is 54.9 Å². The largest absolute Gasteiger partial charge is 0.459 e. The van der Waals surface area contributed by atoms with Gasteiger partial charge < -0.3 is 20.1 Å². The molecule has 1 rings (SSSR count). The Morgan fingerprint density at radius 3 is 2.05 bits per heavy atom. The molecule has 0 aromatic carbocycles. The van der Waals surface area contributed by atoms with Crippen molar-refractivity contribution in [3.05, 3.63) is 0 Å². The zero-order chi connectivity index (χ0) is 17.3. The van der Waals surface area contributed by atoms with Crippen LogP contribution in [0.2, 0.25) is 0 Å². The van der Waals surface area contributed by atoms with E-state index in [2.05, 4.69) is 0 Å². The predicted molar refractivity (Wildman–Crippen MR) is 84.4 cm³/mol. The van der Waals surface area contributed by atoms with Crippen molar-refractivity contribution in [2.24, 2.45) is 11.1 Å². The third-order valence-electron chi connectivity index (χ3n) is 3.69. The van der Waals surface area contributed by atoms with Crippen molar-refractivity contribution < 1.29 is 19.1 Å². The Hall–Kier alpha value is -1.30. The monoisotopic (exact) mass is 314 g/mol. The highest BCUT2D eigenvalue weighted by atomic mass is 16.6. The minimum absolute atomic E-state index is 0.231. The van der Waals surface area contributed by atoms with Gasteiger partial charge in [0.05, 0.1) is 0 Å². The van der Waals surface area contributed by atoms with Crippen LogP contribution >= 0.6 is 0 Å². The summed E-state index contributed by atoms with van der Waals surface area (Å²) in [6.07, 6.45) is 0.0735. The summed E-state index contributed by atoms with van der Waals surface area (Å²) in [6.45, 7) is 13.3. The van der Waals surface area contributed by atoms with Crippen molar-refractivity contribution >= 4 is 12.1 Å². The van der Waals surface area contributed by atoms with Crippen molar-refractivity contribution in [3.8, 4) is 0 Å². The summed E-state index contributed by atoms with van der Waals surface area (Å²) in [5.74, 6) is -0.346. The first-order chi connectivity index (χ1) is 9.81. The fourth-order valence-electron chi connectivity index (χ4n) is 2.51. The average molecular weight is 314 g/mol. The van der Waals surface area contributed by atoms with E-state index in [1.54, 1.807) is 0 Å². The van der Waals surface area contributed by atoms with E-state index in [1.807, 2.05) is 48.5 Å². The number of amides is 1.